The van der Waals surface area contributed by atoms with Crippen LogP contribution in [-0.4, -0.2) is 46.2 Å². The van der Waals surface area contributed by atoms with Gasteiger partial charge in [-0.05, 0) is 6.92 Å². The lowest BCUT2D eigenvalue weighted by atomic mass is 10.4. The minimum absolute atomic E-state index is 0.433. The van der Waals surface area contributed by atoms with E-state index in [1.54, 1.807) is 6.92 Å². The number of anilines is 1. The van der Waals surface area contributed by atoms with E-state index in [2.05, 4.69) is 29.4 Å². The highest BCUT2D eigenvalue weighted by Crippen LogP contribution is 2.09. The molecule has 8 heteroatoms. The number of nitrogens with one attached hydrogen (secondary N) is 1. The maximum atomic E-state index is 10.0. The zero-order valence-electron chi connectivity index (χ0n) is 10.4. The van der Waals surface area contributed by atoms with Gasteiger partial charge in [0.15, 0.2) is 17.8 Å². The third kappa shape index (κ3) is 3.22. The Hall–Kier alpha value is -2.06. The maximum absolute atomic E-state index is 10.0. The average molecular weight is 253 g/mol. The molecule has 2 heterocycles. The number of carbonyl (C=O) groups is 1. The van der Waals surface area contributed by atoms with Crippen molar-refractivity contribution in [1.29, 1.82) is 0 Å². The molecule has 0 saturated carbocycles. The number of nitrogen functional groups attached to an aromatic ring is 1. The molecule has 8 nitrogen and oxygen atoms in total. The van der Waals surface area contributed by atoms with Gasteiger partial charge in [0, 0.05) is 14.2 Å². The van der Waals surface area contributed by atoms with Gasteiger partial charge in [0.2, 0.25) is 5.79 Å². The Morgan fingerprint density at radius 1 is 1.33 bits per heavy atom. The monoisotopic (exact) mass is 253 g/mol. The Labute approximate surface area is 104 Å². The molecule has 0 atom stereocenters. The van der Waals surface area contributed by atoms with E-state index in [0.717, 1.165) is 0 Å². The first-order valence-corrected chi connectivity index (χ1v) is 5.02. The van der Waals surface area contributed by atoms with Crippen molar-refractivity contribution in [3.8, 4) is 0 Å². The second-order valence-corrected chi connectivity index (χ2v) is 3.40. The number of hydrogen-bond donors (Lipinski definition) is 2. The number of imidazole rings is 1. The van der Waals surface area contributed by atoms with Gasteiger partial charge >= 0.3 is 0 Å². The summed E-state index contributed by atoms with van der Waals surface area (Å²) in [7, 11) is 2.83. The van der Waals surface area contributed by atoms with Crippen LogP contribution in [0.15, 0.2) is 12.7 Å². The van der Waals surface area contributed by atoms with Crippen molar-refractivity contribution in [3.63, 3.8) is 0 Å². The molecule has 0 bridgehead atoms. The second kappa shape index (κ2) is 6.03. The summed E-state index contributed by atoms with van der Waals surface area (Å²) >= 11 is 0. The Morgan fingerprint density at radius 2 is 2.00 bits per heavy atom. The summed E-state index contributed by atoms with van der Waals surface area (Å²) in [4.78, 5) is 24.4. The number of aromatic nitrogens is 4. The number of methoxy groups -OCH3 is 2. The van der Waals surface area contributed by atoms with Crippen molar-refractivity contribution < 1.29 is 14.3 Å². The van der Waals surface area contributed by atoms with Crippen molar-refractivity contribution in [3.05, 3.63) is 12.7 Å². The predicted octanol–water partition coefficient (Wildman–Crippen LogP) is 0.129. The Kier molecular flexibility index (Phi) is 4.69. The molecule has 2 rings (SSSR count). The standard InChI is InChI=1S/C5H5N5.C5H10O3/c6-4-3-5(9-1-7-3)10-2-8-4;1-5(4-6,7-2)8-3/h1-2H,(H3,6,7,8,9,10);4H,1-3H3. The molecule has 2 aromatic rings. The number of fused-ring (bicyclic) bond motifs is 1. The van der Waals surface area contributed by atoms with Crippen molar-refractivity contribution in [2.45, 2.75) is 12.7 Å². The molecular weight excluding hydrogens is 238 g/mol. The molecule has 18 heavy (non-hydrogen) atoms. The third-order valence-electron chi connectivity index (χ3n) is 2.28. The number of nitrogens with zero attached hydrogens (tertiary/aromatic N) is 3. The number of H-pyrrole nitrogens is 1. The zero-order valence-corrected chi connectivity index (χ0v) is 10.4. The molecule has 98 valence electrons. The topological polar surface area (TPSA) is 116 Å². The molecule has 0 aromatic carbocycles. The lowest BCUT2D eigenvalue weighted by molar-refractivity contribution is -0.186. The highest BCUT2D eigenvalue weighted by atomic mass is 16.7. The van der Waals surface area contributed by atoms with Crippen LogP contribution in [-0.2, 0) is 14.3 Å². The number of aromatic amines is 1. The predicted molar refractivity (Wildman–Crippen MR) is 64.6 cm³/mol. The van der Waals surface area contributed by atoms with E-state index in [4.69, 9.17) is 5.73 Å². The van der Waals surface area contributed by atoms with Crippen molar-refractivity contribution >= 4 is 23.3 Å². The lowest BCUT2D eigenvalue weighted by Gasteiger charge is -2.17. The van der Waals surface area contributed by atoms with Gasteiger partial charge in [-0.15, -0.1) is 0 Å². The first-order chi connectivity index (χ1) is 8.56. The van der Waals surface area contributed by atoms with Gasteiger partial charge in [0.05, 0.1) is 6.33 Å². The van der Waals surface area contributed by atoms with E-state index in [1.807, 2.05) is 0 Å². The lowest BCUT2D eigenvalue weighted by Crippen LogP contribution is -2.30. The molecule has 0 fully saturated rings. The summed E-state index contributed by atoms with van der Waals surface area (Å²) in [5.41, 5.74) is 6.78. The summed E-state index contributed by atoms with van der Waals surface area (Å²) in [5.74, 6) is -0.623. The summed E-state index contributed by atoms with van der Waals surface area (Å²) in [5, 5.41) is 0. The third-order valence-corrected chi connectivity index (χ3v) is 2.28. The summed E-state index contributed by atoms with van der Waals surface area (Å²) < 4.78 is 9.29. The Bertz CT molecular complexity index is 509. The van der Waals surface area contributed by atoms with Crippen LogP contribution in [0.5, 0.6) is 0 Å². The molecule has 0 aliphatic rings. The zero-order chi connectivity index (χ0) is 13.6. The van der Waals surface area contributed by atoms with Gasteiger partial charge in [0.25, 0.3) is 0 Å². The summed E-state index contributed by atoms with van der Waals surface area (Å²) in [6, 6.07) is 0. The molecule has 0 radical (unpaired) electrons. The van der Waals surface area contributed by atoms with Crippen molar-refractivity contribution in [2.75, 3.05) is 20.0 Å². The van der Waals surface area contributed by atoms with Gasteiger partial charge in [-0.25, -0.2) is 15.0 Å². The van der Waals surface area contributed by atoms with Crippen LogP contribution in [0.1, 0.15) is 6.92 Å². The highest BCUT2D eigenvalue weighted by Gasteiger charge is 2.20. The number of carbonyl (C=O) groups excluding carboxylic acids is 1. The molecule has 0 aliphatic heterocycles. The normalized spacial score (nSPS) is 10.8. The second-order valence-electron chi connectivity index (χ2n) is 3.40. The van der Waals surface area contributed by atoms with E-state index in [1.165, 1.54) is 26.9 Å². The smallest absolute Gasteiger partial charge is 0.222 e. The van der Waals surface area contributed by atoms with Gasteiger partial charge in [-0.3, -0.25) is 4.79 Å². The summed E-state index contributed by atoms with van der Waals surface area (Å²) in [6.07, 6.45) is 3.53. The van der Waals surface area contributed by atoms with Crippen LogP contribution in [0.3, 0.4) is 0 Å². The molecule has 2 aromatic heterocycles. The van der Waals surface area contributed by atoms with E-state index < -0.39 is 5.79 Å². The quantitative estimate of drug-likeness (QED) is 0.589. The Balaban J connectivity index is 0.000000187. The highest BCUT2D eigenvalue weighted by molar-refractivity contribution is 5.80. The fraction of sp³-hybridized carbons (Fsp3) is 0.400. The minimum atomic E-state index is -1.06. The van der Waals surface area contributed by atoms with E-state index in [0.29, 0.717) is 23.3 Å². The van der Waals surface area contributed by atoms with Crippen molar-refractivity contribution in [2.24, 2.45) is 0 Å². The number of nitrogens with two attached hydrogens (primary N) is 1. The number of rotatable bonds is 3. The molecule has 0 spiro atoms. The van der Waals surface area contributed by atoms with Crippen molar-refractivity contribution in [1.82, 2.24) is 19.9 Å². The van der Waals surface area contributed by atoms with E-state index >= 15 is 0 Å². The van der Waals surface area contributed by atoms with Crippen LogP contribution < -0.4 is 5.73 Å². The van der Waals surface area contributed by atoms with Gasteiger partial charge in [0.1, 0.15) is 11.8 Å². The van der Waals surface area contributed by atoms with Crippen LogP contribution in [0.25, 0.3) is 11.2 Å². The molecule has 0 saturated heterocycles. The van der Waals surface area contributed by atoms with Gasteiger partial charge < -0.3 is 20.2 Å². The van der Waals surface area contributed by atoms with E-state index in [9.17, 15) is 4.79 Å². The SMILES string of the molecule is COC(C)(C=O)OC.Nc1ncnc2nc[nH]c12. The van der Waals surface area contributed by atoms with E-state index in [-0.39, 0.29) is 0 Å². The van der Waals surface area contributed by atoms with Crippen LogP contribution in [0.2, 0.25) is 0 Å². The van der Waals surface area contributed by atoms with Crippen LogP contribution >= 0.6 is 0 Å². The summed E-state index contributed by atoms with van der Waals surface area (Å²) in [6.45, 7) is 1.54. The fourth-order valence-corrected chi connectivity index (χ4v) is 0.963. The number of hydrogen-bond acceptors (Lipinski definition) is 7. The minimum Gasteiger partial charge on any atom is -0.382 e. The Morgan fingerprint density at radius 3 is 2.44 bits per heavy atom. The molecule has 0 amide bonds. The molecule has 3 N–H and O–H groups in total. The number of aldehydes is 1. The molecule has 0 aliphatic carbocycles. The number of ether oxygens (including phenoxy) is 2. The first kappa shape index (κ1) is 14.0. The van der Waals surface area contributed by atoms with Crippen LogP contribution in [0, 0.1) is 0 Å². The first-order valence-electron chi connectivity index (χ1n) is 5.02. The van der Waals surface area contributed by atoms with Crippen LogP contribution in [0.4, 0.5) is 5.82 Å². The average Bonchev–Trinajstić information content (AvgIpc) is 2.88. The van der Waals surface area contributed by atoms with Gasteiger partial charge in [-0.2, -0.15) is 0 Å². The fourth-order valence-electron chi connectivity index (χ4n) is 0.963. The molecule has 0 unspecified atom stereocenters. The van der Waals surface area contributed by atoms with Gasteiger partial charge in [-0.1, -0.05) is 0 Å². The molecular formula is C10H15N5O3. The largest absolute Gasteiger partial charge is 0.382 e. The maximum Gasteiger partial charge on any atom is 0.222 e.